The predicted molar refractivity (Wildman–Crippen MR) is 70.7 cm³/mol. The number of thiazole rings is 1. The Morgan fingerprint density at radius 2 is 2.21 bits per heavy atom. The van der Waals surface area contributed by atoms with E-state index in [2.05, 4.69) is 4.98 Å². The number of aromatic nitrogens is 1. The molecule has 0 bridgehead atoms. The first-order chi connectivity index (χ1) is 9.02. The fraction of sp³-hybridized carbons (Fsp3) is 0.214. The second-order valence-electron chi connectivity index (χ2n) is 4.21. The first kappa shape index (κ1) is 13.4. The quantitative estimate of drug-likeness (QED) is 0.806. The third-order valence-corrected chi connectivity index (χ3v) is 3.77. The minimum Gasteiger partial charge on any atom is -0.292 e. The molecule has 0 spiro atoms. The SMILES string of the molecule is Cc1csc(C(C#N)C(=O)c2cc(F)ccc2C)n1. The second kappa shape index (κ2) is 5.29. The number of hydrogen-bond acceptors (Lipinski definition) is 4. The van der Waals surface area contributed by atoms with Crippen LogP contribution in [0.15, 0.2) is 23.6 Å². The van der Waals surface area contributed by atoms with E-state index in [-0.39, 0.29) is 5.56 Å². The number of Topliss-reactive ketones (excluding diaryl/α,β-unsaturated/α-hetero) is 1. The first-order valence-electron chi connectivity index (χ1n) is 5.65. The summed E-state index contributed by atoms with van der Waals surface area (Å²) in [7, 11) is 0. The predicted octanol–water partition coefficient (Wildman–Crippen LogP) is 3.39. The Kier molecular flexibility index (Phi) is 3.72. The molecule has 5 heteroatoms. The molecule has 3 nitrogen and oxygen atoms in total. The van der Waals surface area contributed by atoms with Crippen LogP contribution in [0.3, 0.4) is 0 Å². The van der Waals surface area contributed by atoms with E-state index in [0.717, 1.165) is 5.69 Å². The van der Waals surface area contributed by atoms with E-state index in [1.54, 1.807) is 19.2 Å². The summed E-state index contributed by atoms with van der Waals surface area (Å²) >= 11 is 1.27. The van der Waals surface area contributed by atoms with Crippen LogP contribution in [0.4, 0.5) is 4.39 Å². The number of nitrogens with zero attached hydrogens (tertiary/aromatic N) is 2. The monoisotopic (exact) mass is 274 g/mol. The van der Waals surface area contributed by atoms with Crippen LogP contribution in [0.5, 0.6) is 0 Å². The van der Waals surface area contributed by atoms with Gasteiger partial charge in [0.25, 0.3) is 0 Å². The lowest BCUT2D eigenvalue weighted by Crippen LogP contribution is -2.13. The van der Waals surface area contributed by atoms with E-state index in [9.17, 15) is 14.4 Å². The molecule has 0 aliphatic heterocycles. The average Bonchev–Trinajstić information content (AvgIpc) is 2.79. The molecular formula is C14H11FN2OS. The second-order valence-corrected chi connectivity index (χ2v) is 5.10. The Labute approximate surface area is 114 Å². The van der Waals surface area contributed by atoms with Gasteiger partial charge >= 0.3 is 0 Å². The maximum atomic E-state index is 13.2. The van der Waals surface area contributed by atoms with Gasteiger partial charge in [0.15, 0.2) is 11.7 Å². The fourth-order valence-corrected chi connectivity index (χ4v) is 2.58. The molecule has 0 saturated heterocycles. The van der Waals surface area contributed by atoms with Gasteiger partial charge in [-0.15, -0.1) is 11.3 Å². The Morgan fingerprint density at radius 3 is 2.79 bits per heavy atom. The molecule has 0 radical (unpaired) electrons. The van der Waals surface area contributed by atoms with E-state index >= 15 is 0 Å². The van der Waals surface area contributed by atoms with Crippen LogP contribution >= 0.6 is 11.3 Å². The number of halogens is 1. The molecule has 0 aliphatic rings. The highest BCUT2D eigenvalue weighted by Crippen LogP contribution is 2.25. The summed E-state index contributed by atoms with van der Waals surface area (Å²) < 4.78 is 13.2. The van der Waals surface area contributed by atoms with E-state index < -0.39 is 17.5 Å². The Morgan fingerprint density at radius 1 is 1.47 bits per heavy atom. The number of carbonyl (C=O) groups excluding carboxylic acids is 1. The van der Waals surface area contributed by atoms with Gasteiger partial charge in [-0.25, -0.2) is 9.37 Å². The van der Waals surface area contributed by atoms with E-state index in [0.29, 0.717) is 10.6 Å². The van der Waals surface area contributed by atoms with E-state index in [4.69, 9.17) is 0 Å². The Bertz CT molecular complexity index is 672. The van der Waals surface area contributed by atoms with Crippen molar-refractivity contribution in [2.75, 3.05) is 0 Å². The molecule has 19 heavy (non-hydrogen) atoms. The summed E-state index contributed by atoms with van der Waals surface area (Å²) in [6.45, 7) is 3.51. The Balaban J connectivity index is 2.42. The van der Waals surface area contributed by atoms with Gasteiger partial charge in [-0.1, -0.05) is 6.07 Å². The van der Waals surface area contributed by atoms with Gasteiger partial charge in [0.2, 0.25) is 0 Å². The average molecular weight is 274 g/mol. The molecule has 0 amide bonds. The zero-order chi connectivity index (χ0) is 14.0. The summed E-state index contributed by atoms with van der Waals surface area (Å²) in [5.41, 5.74) is 1.66. The zero-order valence-electron chi connectivity index (χ0n) is 10.5. The van der Waals surface area contributed by atoms with Gasteiger partial charge < -0.3 is 0 Å². The summed E-state index contributed by atoms with van der Waals surface area (Å²) in [6, 6.07) is 5.95. The molecule has 0 fully saturated rings. The number of hydrogen-bond donors (Lipinski definition) is 0. The van der Waals surface area contributed by atoms with Gasteiger partial charge in [-0.3, -0.25) is 4.79 Å². The van der Waals surface area contributed by atoms with Crippen LogP contribution in [0.25, 0.3) is 0 Å². The number of aryl methyl sites for hydroxylation is 2. The Hall–Kier alpha value is -2.06. The van der Waals surface area contributed by atoms with Gasteiger partial charge in [0.1, 0.15) is 10.8 Å². The lowest BCUT2D eigenvalue weighted by atomic mass is 9.96. The van der Waals surface area contributed by atoms with Crippen molar-refractivity contribution in [3.8, 4) is 6.07 Å². The van der Waals surface area contributed by atoms with Crippen LogP contribution in [-0.2, 0) is 0 Å². The minimum atomic E-state index is -0.973. The van der Waals surface area contributed by atoms with Crippen LogP contribution in [0, 0.1) is 31.0 Å². The molecular weight excluding hydrogens is 263 g/mol. The normalized spacial score (nSPS) is 11.9. The van der Waals surface area contributed by atoms with Crippen molar-refractivity contribution in [3.63, 3.8) is 0 Å². The highest BCUT2D eigenvalue weighted by Gasteiger charge is 2.26. The third-order valence-electron chi connectivity index (χ3n) is 2.74. The van der Waals surface area contributed by atoms with E-state index in [1.807, 2.05) is 6.07 Å². The standard InChI is InChI=1S/C14H11FN2OS/c1-8-3-4-10(15)5-11(8)13(18)12(6-16)14-17-9(2)7-19-14/h3-5,7,12H,1-2H3. The van der Waals surface area contributed by atoms with Gasteiger partial charge in [-0.05, 0) is 31.5 Å². The lowest BCUT2D eigenvalue weighted by molar-refractivity contribution is 0.0977. The zero-order valence-corrected chi connectivity index (χ0v) is 11.3. The molecule has 2 rings (SSSR count). The van der Waals surface area contributed by atoms with Crippen LogP contribution in [0.2, 0.25) is 0 Å². The van der Waals surface area contributed by atoms with Gasteiger partial charge in [-0.2, -0.15) is 5.26 Å². The molecule has 96 valence electrons. The largest absolute Gasteiger partial charge is 0.292 e. The first-order valence-corrected chi connectivity index (χ1v) is 6.53. The van der Waals surface area contributed by atoms with Crippen molar-refractivity contribution in [1.29, 1.82) is 5.26 Å². The summed E-state index contributed by atoms with van der Waals surface area (Å²) in [5, 5.41) is 11.4. The fourth-order valence-electron chi connectivity index (χ4n) is 1.75. The van der Waals surface area contributed by atoms with Crippen LogP contribution < -0.4 is 0 Å². The van der Waals surface area contributed by atoms with Crippen molar-refractivity contribution in [3.05, 3.63) is 51.2 Å². The molecule has 0 aliphatic carbocycles. The lowest BCUT2D eigenvalue weighted by Gasteiger charge is -2.08. The molecule has 1 aromatic carbocycles. The molecule has 1 unspecified atom stereocenters. The summed E-state index contributed by atoms with van der Waals surface area (Å²) in [5.74, 6) is -1.87. The highest BCUT2D eigenvalue weighted by atomic mass is 32.1. The van der Waals surface area contributed by atoms with Crippen molar-refractivity contribution in [2.24, 2.45) is 0 Å². The maximum absolute atomic E-state index is 13.2. The molecule has 2 aromatic rings. The summed E-state index contributed by atoms with van der Waals surface area (Å²) in [6.07, 6.45) is 0. The maximum Gasteiger partial charge on any atom is 0.187 e. The molecule has 0 N–H and O–H groups in total. The van der Waals surface area contributed by atoms with Crippen molar-refractivity contribution in [2.45, 2.75) is 19.8 Å². The minimum absolute atomic E-state index is 0.236. The molecule has 0 saturated carbocycles. The molecule has 1 heterocycles. The number of ketones is 1. The van der Waals surface area contributed by atoms with Crippen molar-refractivity contribution >= 4 is 17.1 Å². The number of nitriles is 1. The third kappa shape index (κ3) is 2.69. The van der Waals surface area contributed by atoms with E-state index in [1.165, 1.54) is 29.5 Å². The topological polar surface area (TPSA) is 53.8 Å². The molecule has 1 aromatic heterocycles. The van der Waals surface area contributed by atoms with Crippen molar-refractivity contribution < 1.29 is 9.18 Å². The van der Waals surface area contributed by atoms with Gasteiger partial charge in [0.05, 0.1) is 6.07 Å². The molecule has 1 atom stereocenters. The highest BCUT2D eigenvalue weighted by molar-refractivity contribution is 7.10. The number of carbonyl (C=O) groups is 1. The van der Waals surface area contributed by atoms with Crippen molar-refractivity contribution in [1.82, 2.24) is 4.98 Å². The number of rotatable bonds is 3. The van der Waals surface area contributed by atoms with Gasteiger partial charge in [0, 0.05) is 16.6 Å². The summed E-state index contributed by atoms with van der Waals surface area (Å²) in [4.78, 5) is 16.5. The van der Waals surface area contributed by atoms with Crippen LogP contribution in [-0.4, -0.2) is 10.8 Å². The smallest absolute Gasteiger partial charge is 0.187 e. The number of benzene rings is 1. The van der Waals surface area contributed by atoms with Crippen LogP contribution in [0.1, 0.15) is 32.5 Å².